The molecule has 0 radical (unpaired) electrons. The molecule has 2 N–H and O–H groups in total. The molecule has 5 nitrogen and oxygen atoms in total. The van der Waals surface area contributed by atoms with Gasteiger partial charge in [-0.25, -0.2) is 8.42 Å². The lowest BCUT2D eigenvalue weighted by Crippen LogP contribution is -2.30. The summed E-state index contributed by atoms with van der Waals surface area (Å²) in [4.78, 5) is 10.7. The van der Waals surface area contributed by atoms with Crippen molar-refractivity contribution in [2.45, 2.75) is 18.9 Å². The Hall–Kier alpha value is -1.73. The number of rotatable bonds is 8. The Morgan fingerprint density at radius 3 is 2.15 bits per heavy atom. The van der Waals surface area contributed by atoms with Gasteiger partial charge in [-0.05, 0) is 28.5 Å². The third-order valence-corrected chi connectivity index (χ3v) is 6.54. The van der Waals surface area contributed by atoms with Crippen molar-refractivity contribution in [3.05, 3.63) is 47.5 Å². The molecule has 0 atom stereocenters. The lowest BCUT2D eigenvalue weighted by molar-refractivity contribution is -0.162. The van der Waals surface area contributed by atoms with Crippen molar-refractivity contribution in [3.63, 3.8) is 0 Å². The van der Waals surface area contributed by atoms with Gasteiger partial charge in [0.15, 0.2) is 0 Å². The average Bonchev–Trinajstić information content (AvgIpc) is 2.50. The lowest BCUT2D eigenvalue weighted by atomic mass is 10.0. The van der Waals surface area contributed by atoms with E-state index in [0.29, 0.717) is 4.31 Å². The van der Waals surface area contributed by atoms with Crippen molar-refractivity contribution in [3.8, 4) is 0 Å². The van der Waals surface area contributed by atoms with Crippen molar-refractivity contribution in [2.24, 2.45) is 5.73 Å². The molecule has 27 heavy (non-hydrogen) atoms. The minimum Gasteiger partial charge on any atom is -0.369 e. The first-order valence-electron chi connectivity index (χ1n) is 6.99. The second-order valence-electron chi connectivity index (χ2n) is 5.14. The summed E-state index contributed by atoms with van der Waals surface area (Å²) in [5.74, 6) is -1.53. The van der Waals surface area contributed by atoms with Crippen molar-refractivity contribution in [1.82, 2.24) is 4.31 Å². The quantitative estimate of drug-likeness (QED) is 0.386. The third-order valence-electron chi connectivity index (χ3n) is 3.05. The molecule has 13 heteroatoms. The Morgan fingerprint density at radius 2 is 1.70 bits per heavy atom. The second kappa shape index (κ2) is 8.52. The summed E-state index contributed by atoms with van der Waals surface area (Å²) in [6, 6.07) is 1.24. The normalized spacial score (nSPS) is 13.0. The summed E-state index contributed by atoms with van der Waals surface area (Å²) in [5.41, 5.74) is 0.740. The van der Waals surface area contributed by atoms with Crippen LogP contribution in [0.2, 0.25) is 0 Å². The summed E-state index contributed by atoms with van der Waals surface area (Å²) in [7, 11) is -4.05. The van der Waals surface area contributed by atoms with Gasteiger partial charge in [0.1, 0.15) is 0 Å². The van der Waals surface area contributed by atoms with Gasteiger partial charge in [0.25, 0.3) is 9.06 Å². The highest BCUT2D eigenvalue weighted by Crippen LogP contribution is 2.40. The van der Waals surface area contributed by atoms with Crippen LogP contribution in [0.4, 0.5) is 26.3 Å². The van der Waals surface area contributed by atoms with Crippen LogP contribution < -0.4 is 5.73 Å². The monoisotopic (exact) mass is 436 g/mol. The van der Waals surface area contributed by atoms with Gasteiger partial charge in [0.2, 0.25) is 5.91 Å². The minimum atomic E-state index is -5.29. The van der Waals surface area contributed by atoms with Crippen molar-refractivity contribution >= 4 is 25.8 Å². The zero-order valence-electron chi connectivity index (χ0n) is 13.5. The maximum atomic E-state index is 13.0. The molecule has 0 bridgehead atoms. The predicted molar refractivity (Wildman–Crippen MR) is 87.6 cm³/mol. The van der Waals surface area contributed by atoms with Crippen LogP contribution in [0.1, 0.15) is 16.7 Å². The van der Waals surface area contributed by atoms with E-state index in [1.54, 1.807) is 0 Å². The van der Waals surface area contributed by atoms with Gasteiger partial charge in [0, 0.05) is 13.1 Å². The summed E-state index contributed by atoms with van der Waals surface area (Å²) >= 11 is 0. The Labute approximate surface area is 154 Å². The van der Waals surface area contributed by atoms with E-state index in [1.165, 1.54) is 0 Å². The fourth-order valence-corrected chi connectivity index (χ4v) is 4.55. The number of primary amides is 1. The standard InChI is InChI=1S/C14H14F6N2O3S2/c1-2-5-22(27(24,25)26-8-12(21)23)7-9-3-4-10(13(15,16)17)11(6-9)14(18,19)20/h2-4,6H,1,5,7-8H2,(H2,21,23). The summed E-state index contributed by atoms with van der Waals surface area (Å²) in [6.45, 7) is 2.33. The number of nitrogens with zero attached hydrogens (tertiary/aromatic N) is 1. The van der Waals surface area contributed by atoms with Crippen LogP contribution in [0.5, 0.6) is 0 Å². The number of amides is 1. The SMILES string of the molecule is C=CCN(Cc1ccc(C(F)(F)F)c(C(F)(F)F)c1)S(=O)(=O)SCC(N)=O. The molecule has 0 aliphatic heterocycles. The number of hydrogen-bond donors (Lipinski definition) is 1. The molecule has 1 amide bonds. The van der Waals surface area contributed by atoms with Crippen LogP contribution in [0.3, 0.4) is 0 Å². The van der Waals surface area contributed by atoms with Crippen LogP contribution in [0.25, 0.3) is 0 Å². The summed E-state index contributed by atoms with van der Waals surface area (Å²) in [6.07, 6.45) is -9.38. The van der Waals surface area contributed by atoms with E-state index < -0.39 is 50.7 Å². The Kier molecular flexibility index (Phi) is 7.36. The molecule has 0 heterocycles. The highest BCUT2D eigenvalue weighted by molar-refractivity contribution is 8.71. The number of alkyl halides is 6. The molecule has 0 unspecified atom stereocenters. The highest BCUT2D eigenvalue weighted by Gasteiger charge is 2.43. The molecule has 1 aromatic rings. The van der Waals surface area contributed by atoms with Gasteiger partial charge in [-0.15, -0.1) is 6.58 Å². The average molecular weight is 436 g/mol. The van der Waals surface area contributed by atoms with Crippen LogP contribution in [0.15, 0.2) is 30.9 Å². The third kappa shape index (κ3) is 6.74. The van der Waals surface area contributed by atoms with E-state index in [1.807, 2.05) is 0 Å². The van der Waals surface area contributed by atoms with Gasteiger partial charge < -0.3 is 5.73 Å². The van der Waals surface area contributed by atoms with Crippen molar-refractivity contribution in [1.29, 1.82) is 0 Å². The lowest BCUT2D eigenvalue weighted by Gasteiger charge is -2.21. The fourth-order valence-electron chi connectivity index (χ4n) is 1.96. The minimum absolute atomic E-state index is 0.145. The first-order chi connectivity index (χ1) is 12.2. The Balaban J connectivity index is 3.27. The van der Waals surface area contributed by atoms with Gasteiger partial charge >= 0.3 is 12.4 Å². The second-order valence-corrected chi connectivity index (χ2v) is 9.01. The first-order valence-corrected chi connectivity index (χ1v) is 9.93. The van der Waals surface area contributed by atoms with E-state index in [2.05, 4.69) is 6.58 Å². The van der Waals surface area contributed by atoms with Crippen LogP contribution in [-0.2, 0) is 32.7 Å². The molecule has 1 rings (SSSR count). The number of hydrogen-bond acceptors (Lipinski definition) is 4. The topological polar surface area (TPSA) is 80.5 Å². The largest absolute Gasteiger partial charge is 0.417 e. The summed E-state index contributed by atoms with van der Waals surface area (Å²) < 4.78 is 102. The number of nitrogens with two attached hydrogens (primary N) is 1. The van der Waals surface area contributed by atoms with Crippen molar-refractivity contribution < 1.29 is 39.6 Å². The van der Waals surface area contributed by atoms with E-state index in [0.717, 1.165) is 12.1 Å². The van der Waals surface area contributed by atoms with E-state index >= 15 is 0 Å². The predicted octanol–water partition coefficient (Wildman–Crippen LogP) is 3.18. The molecule has 0 aliphatic rings. The maximum absolute atomic E-state index is 13.0. The number of benzene rings is 1. The molecule has 0 saturated carbocycles. The molecule has 0 spiro atoms. The van der Waals surface area contributed by atoms with E-state index in [-0.39, 0.29) is 35.0 Å². The number of carbonyl (C=O) groups excluding carboxylic acids is 1. The molecule has 0 aliphatic carbocycles. The fraction of sp³-hybridized carbons (Fsp3) is 0.357. The molecular weight excluding hydrogens is 422 g/mol. The smallest absolute Gasteiger partial charge is 0.369 e. The zero-order valence-corrected chi connectivity index (χ0v) is 15.1. The molecule has 0 aromatic heterocycles. The Morgan fingerprint density at radius 1 is 1.15 bits per heavy atom. The Bertz CT molecular complexity index is 806. The van der Waals surface area contributed by atoms with Crippen LogP contribution >= 0.6 is 10.8 Å². The molecule has 0 saturated heterocycles. The van der Waals surface area contributed by atoms with Gasteiger partial charge in [-0.1, -0.05) is 12.1 Å². The summed E-state index contributed by atoms with van der Waals surface area (Å²) in [5, 5.41) is 0. The molecular formula is C14H14F6N2O3S2. The number of halogens is 6. The van der Waals surface area contributed by atoms with Gasteiger partial charge in [-0.2, -0.15) is 30.6 Å². The molecule has 0 fully saturated rings. The van der Waals surface area contributed by atoms with Crippen LogP contribution in [-0.4, -0.2) is 30.9 Å². The molecule has 152 valence electrons. The zero-order chi connectivity index (χ0) is 21.0. The first kappa shape index (κ1) is 23.3. The van der Waals surface area contributed by atoms with Crippen LogP contribution in [0, 0.1) is 0 Å². The van der Waals surface area contributed by atoms with Gasteiger partial charge in [-0.3, -0.25) is 4.79 Å². The number of carbonyl (C=O) groups is 1. The van der Waals surface area contributed by atoms with E-state index in [4.69, 9.17) is 5.73 Å². The van der Waals surface area contributed by atoms with Crippen molar-refractivity contribution in [2.75, 3.05) is 12.3 Å². The van der Waals surface area contributed by atoms with E-state index in [9.17, 15) is 39.6 Å². The van der Waals surface area contributed by atoms with Gasteiger partial charge in [0.05, 0.1) is 16.9 Å². The highest BCUT2D eigenvalue weighted by atomic mass is 33.1. The molecule has 1 aromatic carbocycles. The maximum Gasteiger partial charge on any atom is 0.417 e.